The Bertz CT molecular complexity index is 448. The molecule has 2 aliphatic carbocycles. The van der Waals surface area contributed by atoms with Crippen LogP contribution in [-0.4, -0.2) is 35.2 Å². The van der Waals surface area contributed by atoms with Gasteiger partial charge in [-0.25, -0.2) is 0 Å². The van der Waals surface area contributed by atoms with Gasteiger partial charge in [0.05, 0.1) is 0 Å². The predicted octanol–water partition coefficient (Wildman–Crippen LogP) is 1.08. The molecule has 3 amide bonds. The number of rotatable bonds is 3. The van der Waals surface area contributed by atoms with Crippen LogP contribution in [0.3, 0.4) is 0 Å². The van der Waals surface area contributed by atoms with Gasteiger partial charge in [0.2, 0.25) is 17.7 Å². The number of nitrogens with one attached hydrogen (secondary N) is 1. The second-order valence-corrected chi connectivity index (χ2v) is 6.50. The Morgan fingerprint density at radius 2 is 2.10 bits per heavy atom. The van der Waals surface area contributed by atoms with Gasteiger partial charge in [0.15, 0.2) is 0 Å². The summed E-state index contributed by atoms with van der Waals surface area (Å²) < 4.78 is 0. The van der Waals surface area contributed by atoms with E-state index >= 15 is 0 Å². The van der Waals surface area contributed by atoms with Crippen molar-refractivity contribution in [3.05, 3.63) is 0 Å². The van der Waals surface area contributed by atoms with Gasteiger partial charge in [0.1, 0.15) is 12.6 Å². The van der Waals surface area contributed by atoms with Gasteiger partial charge in [0.25, 0.3) is 0 Å². The molecule has 1 saturated heterocycles. The van der Waals surface area contributed by atoms with E-state index in [2.05, 4.69) is 5.32 Å². The van der Waals surface area contributed by atoms with E-state index < -0.39 is 6.04 Å². The molecule has 5 heteroatoms. The molecule has 0 aromatic heterocycles. The predicted molar refractivity (Wildman–Crippen MR) is 72.5 cm³/mol. The summed E-state index contributed by atoms with van der Waals surface area (Å²) in [5, 5.41) is 2.31. The zero-order chi connectivity index (χ0) is 14.3. The number of carbonyl (C=O) groups is 3. The lowest BCUT2D eigenvalue weighted by Crippen LogP contribution is -2.59. The molecule has 4 atom stereocenters. The molecule has 4 unspecified atom stereocenters. The number of hydrogen-bond acceptors (Lipinski definition) is 3. The molecule has 20 heavy (non-hydrogen) atoms. The fourth-order valence-corrected chi connectivity index (χ4v) is 4.30. The smallest absolute Gasteiger partial charge is 0.249 e. The minimum absolute atomic E-state index is 0.0161. The normalized spacial score (nSPS) is 36.4. The number of carbonyl (C=O) groups excluding carboxylic acids is 3. The van der Waals surface area contributed by atoms with Gasteiger partial charge in [-0.1, -0.05) is 13.3 Å². The molecule has 0 radical (unpaired) electrons. The fraction of sp³-hybridized carbons (Fsp3) is 0.800. The van der Waals surface area contributed by atoms with Crippen LogP contribution >= 0.6 is 0 Å². The van der Waals surface area contributed by atoms with Crippen molar-refractivity contribution in [2.45, 2.75) is 51.5 Å². The van der Waals surface area contributed by atoms with Crippen molar-refractivity contribution < 1.29 is 14.4 Å². The van der Waals surface area contributed by atoms with E-state index in [4.69, 9.17) is 0 Å². The lowest BCUT2D eigenvalue weighted by molar-refractivity contribution is -0.150. The van der Waals surface area contributed by atoms with Crippen LogP contribution in [0, 0.1) is 17.8 Å². The molecular weight excluding hydrogens is 256 g/mol. The van der Waals surface area contributed by atoms with Gasteiger partial charge in [-0.3, -0.25) is 19.7 Å². The molecule has 0 aromatic rings. The largest absolute Gasteiger partial charge is 0.321 e. The number of hydrogen-bond donors (Lipinski definition) is 1. The molecule has 1 N–H and O–H groups in total. The highest BCUT2D eigenvalue weighted by Gasteiger charge is 2.42. The Kier molecular flexibility index (Phi) is 3.52. The van der Waals surface area contributed by atoms with Crippen molar-refractivity contribution in [1.82, 2.24) is 10.2 Å². The Balaban J connectivity index is 1.65. The zero-order valence-electron chi connectivity index (χ0n) is 11.9. The van der Waals surface area contributed by atoms with Crippen molar-refractivity contribution >= 4 is 17.7 Å². The van der Waals surface area contributed by atoms with Gasteiger partial charge in [-0.2, -0.15) is 0 Å². The third kappa shape index (κ3) is 2.34. The third-order valence-electron chi connectivity index (χ3n) is 5.28. The van der Waals surface area contributed by atoms with Gasteiger partial charge >= 0.3 is 0 Å². The van der Waals surface area contributed by atoms with E-state index in [1.807, 2.05) is 6.92 Å². The van der Waals surface area contributed by atoms with Gasteiger partial charge in [-0.05, 0) is 43.4 Å². The second kappa shape index (κ2) is 5.19. The molecule has 2 saturated carbocycles. The van der Waals surface area contributed by atoms with E-state index in [1.54, 1.807) is 0 Å². The quantitative estimate of drug-likeness (QED) is 0.785. The van der Waals surface area contributed by atoms with Crippen LogP contribution in [0.2, 0.25) is 0 Å². The highest BCUT2D eigenvalue weighted by molar-refractivity contribution is 6.04. The van der Waals surface area contributed by atoms with E-state index in [0.717, 1.165) is 12.3 Å². The molecule has 110 valence electrons. The number of nitrogens with zero attached hydrogens (tertiary/aromatic N) is 1. The van der Waals surface area contributed by atoms with Crippen molar-refractivity contribution in [3.8, 4) is 0 Å². The maximum absolute atomic E-state index is 12.5. The molecule has 1 heterocycles. The van der Waals surface area contributed by atoms with E-state index in [9.17, 15) is 14.4 Å². The van der Waals surface area contributed by atoms with Gasteiger partial charge in [0, 0.05) is 6.42 Å². The fourth-order valence-electron chi connectivity index (χ4n) is 4.30. The minimum Gasteiger partial charge on any atom is -0.321 e. The van der Waals surface area contributed by atoms with E-state index in [1.165, 1.54) is 24.2 Å². The van der Waals surface area contributed by atoms with E-state index in [0.29, 0.717) is 24.7 Å². The molecule has 3 fully saturated rings. The Hall–Kier alpha value is -1.39. The van der Waals surface area contributed by atoms with Gasteiger partial charge < -0.3 is 4.90 Å². The van der Waals surface area contributed by atoms with Crippen LogP contribution in [0.4, 0.5) is 0 Å². The first-order valence-electron chi connectivity index (χ1n) is 7.71. The minimum atomic E-state index is -0.473. The summed E-state index contributed by atoms with van der Waals surface area (Å²) in [6, 6.07) is -0.473. The molecule has 0 spiro atoms. The summed E-state index contributed by atoms with van der Waals surface area (Å²) in [6.45, 7) is 1.90. The first-order chi connectivity index (χ1) is 9.58. The van der Waals surface area contributed by atoms with Crippen molar-refractivity contribution in [2.24, 2.45) is 17.8 Å². The number of piperazine rings is 1. The second-order valence-electron chi connectivity index (χ2n) is 6.50. The Morgan fingerprint density at radius 1 is 1.30 bits per heavy atom. The molecule has 3 aliphatic rings. The molecule has 5 nitrogen and oxygen atoms in total. The Labute approximate surface area is 119 Å². The first-order valence-corrected chi connectivity index (χ1v) is 7.71. The first kappa shape index (κ1) is 13.6. The van der Waals surface area contributed by atoms with Crippen molar-refractivity contribution in [3.63, 3.8) is 0 Å². The highest BCUT2D eigenvalue weighted by Crippen LogP contribution is 2.49. The monoisotopic (exact) mass is 278 g/mol. The van der Waals surface area contributed by atoms with Crippen LogP contribution in [0.15, 0.2) is 0 Å². The van der Waals surface area contributed by atoms with Crippen LogP contribution in [-0.2, 0) is 14.4 Å². The Morgan fingerprint density at radius 3 is 2.70 bits per heavy atom. The summed E-state index contributed by atoms with van der Waals surface area (Å²) in [7, 11) is 0. The van der Waals surface area contributed by atoms with Gasteiger partial charge in [-0.15, -0.1) is 0 Å². The van der Waals surface area contributed by atoms with Crippen LogP contribution in [0.5, 0.6) is 0 Å². The molecule has 0 aromatic carbocycles. The van der Waals surface area contributed by atoms with Crippen molar-refractivity contribution in [1.29, 1.82) is 0 Å². The zero-order valence-corrected chi connectivity index (χ0v) is 11.9. The summed E-state index contributed by atoms with van der Waals surface area (Å²) in [5.41, 5.74) is 0. The number of fused-ring (bicyclic) bond motifs is 2. The molecule has 2 bridgehead atoms. The molecule has 3 rings (SSSR count). The summed E-state index contributed by atoms with van der Waals surface area (Å²) >= 11 is 0. The van der Waals surface area contributed by atoms with Crippen LogP contribution in [0.25, 0.3) is 0 Å². The lowest BCUT2D eigenvalue weighted by atomic mass is 9.86. The number of amides is 3. The average molecular weight is 278 g/mol. The van der Waals surface area contributed by atoms with Crippen molar-refractivity contribution in [2.75, 3.05) is 6.54 Å². The topological polar surface area (TPSA) is 66.5 Å². The molecule has 1 aliphatic heterocycles. The highest BCUT2D eigenvalue weighted by atomic mass is 16.2. The summed E-state index contributed by atoms with van der Waals surface area (Å²) in [4.78, 5) is 37.3. The average Bonchev–Trinajstić information content (AvgIpc) is 3.00. The summed E-state index contributed by atoms with van der Waals surface area (Å²) in [5.74, 6) is 1.27. The van der Waals surface area contributed by atoms with Crippen LogP contribution in [0.1, 0.15) is 45.4 Å². The molecular formula is C15H22N2O3. The SMILES string of the molecule is CCC1C(=O)NC(=O)CN1C(=O)CC1CC2CCC1C2. The maximum atomic E-state index is 12.5. The summed E-state index contributed by atoms with van der Waals surface area (Å²) in [6.07, 6.45) is 6.06. The van der Waals surface area contributed by atoms with E-state index in [-0.39, 0.29) is 24.3 Å². The lowest BCUT2D eigenvalue weighted by Gasteiger charge is -2.34. The number of imide groups is 1. The standard InChI is InChI=1S/C15H22N2O3/c1-2-12-15(20)16-13(18)8-17(12)14(19)7-11-6-9-3-4-10(11)5-9/h9-12H,2-8H2,1H3,(H,16,18,20). The van der Waals surface area contributed by atoms with Crippen LogP contribution < -0.4 is 5.32 Å². The third-order valence-corrected chi connectivity index (χ3v) is 5.28. The maximum Gasteiger partial charge on any atom is 0.249 e.